The van der Waals surface area contributed by atoms with Crippen molar-refractivity contribution in [1.82, 2.24) is 5.32 Å². The van der Waals surface area contributed by atoms with Gasteiger partial charge in [-0.05, 0) is 24.8 Å². The Morgan fingerprint density at radius 2 is 1.45 bits per heavy atom. The summed E-state index contributed by atoms with van der Waals surface area (Å²) in [5.41, 5.74) is 1.23. The molecule has 1 saturated heterocycles. The molecule has 166 valence electrons. The van der Waals surface area contributed by atoms with Crippen molar-refractivity contribution in [1.29, 1.82) is 0 Å². The van der Waals surface area contributed by atoms with Crippen molar-refractivity contribution in [2.75, 3.05) is 26.4 Å². The fourth-order valence-electron chi connectivity index (χ4n) is 3.40. The molecule has 0 spiro atoms. The highest BCUT2D eigenvalue weighted by molar-refractivity contribution is 5.14. The van der Waals surface area contributed by atoms with Crippen LogP contribution in [0.1, 0.15) is 64.9 Å². The summed E-state index contributed by atoms with van der Waals surface area (Å²) in [5.74, 6) is 0. The minimum atomic E-state index is -0.196. The molecule has 5 heteroatoms. The zero-order valence-electron chi connectivity index (χ0n) is 18.6. The second-order valence-corrected chi connectivity index (χ2v) is 7.77. The molecule has 0 amide bonds. The molecule has 1 aromatic rings. The molecule has 0 radical (unpaired) electrons. The Kier molecular flexibility index (Phi) is 12.5. The smallest absolute Gasteiger partial charge is 0.138 e. The van der Waals surface area contributed by atoms with E-state index in [1.165, 1.54) is 5.56 Å². The van der Waals surface area contributed by atoms with Crippen LogP contribution >= 0.6 is 0 Å². The van der Waals surface area contributed by atoms with Gasteiger partial charge in [0.05, 0.1) is 6.61 Å². The molecule has 5 nitrogen and oxygen atoms in total. The van der Waals surface area contributed by atoms with Crippen molar-refractivity contribution in [2.45, 2.75) is 90.4 Å². The number of hydrogen-bond acceptors (Lipinski definition) is 5. The summed E-state index contributed by atoms with van der Waals surface area (Å²) in [6.45, 7) is 10.0. The van der Waals surface area contributed by atoms with Gasteiger partial charge in [0.2, 0.25) is 0 Å². The van der Waals surface area contributed by atoms with Crippen LogP contribution in [-0.4, -0.2) is 51.0 Å². The standard InChI is InChI=1S/C24H41NO4/c1-4-7-15-26-19-21-22(27-16-8-5-2)23(28-17-9-6-3)24(29-21)25-18-20-13-11-10-12-14-20/h10-14,21-25H,4-9,15-19H2,1-3H3/t21-,22-,23+,24?/m1/s1. The molecule has 1 aliphatic rings. The first-order valence-corrected chi connectivity index (χ1v) is 11.5. The number of unbranched alkanes of at least 4 members (excludes halogenated alkanes) is 3. The predicted molar refractivity (Wildman–Crippen MR) is 117 cm³/mol. The van der Waals surface area contributed by atoms with Gasteiger partial charge in [-0.2, -0.15) is 0 Å². The van der Waals surface area contributed by atoms with Crippen molar-refractivity contribution in [3.05, 3.63) is 35.9 Å². The van der Waals surface area contributed by atoms with Gasteiger partial charge < -0.3 is 18.9 Å². The Bertz CT molecular complexity index is 513. The van der Waals surface area contributed by atoms with E-state index in [2.05, 4.69) is 50.4 Å². The van der Waals surface area contributed by atoms with Crippen molar-refractivity contribution in [2.24, 2.45) is 0 Å². The van der Waals surface area contributed by atoms with Gasteiger partial charge >= 0.3 is 0 Å². The van der Waals surface area contributed by atoms with Gasteiger partial charge in [-0.15, -0.1) is 0 Å². The van der Waals surface area contributed by atoms with Crippen LogP contribution in [0.3, 0.4) is 0 Å². The van der Waals surface area contributed by atoms with Crippen molar-refractivity contribution < 1.29 is 18.9 Å². The van der Waals surface area contributed by atoms with E-state index in [4.69, 9.17) is 18.9 Å². The highest BCUT2D eigenvalue weighted by Crippen LogP contribution is 2.27. The SMILES string of the molecule is CCCCOC[C@H]1OC(NCc2ccccc2)[C@@H](OCCCC)[C@@H]1OCCCC. The average Bonchev–Trinajstić information content (AvgIpc) is 3.07. The number of hydrogen-bond donors (Lipinski definition) is 1. The number of ether oxygens (including phenoxy) is 4. The van der Waals surface area contributed by atoms with E-state index >= 15 is 0 Å². The molecule has 1 aromatic carbocycles. The van der Waals surface area contributed by atoms with Crippen LogP contribution in [0.15, 0.2) is 30.3 Å². The highest BCUT2D eigenvalue weighted by atomic mass is 16.6. The molecule has 1 N–H and O–H groups in total. The third-order valence-electron chi connectivity index (χ3n) is 5.20. The number of rotatable bonds is 16. The van der Waals surface area contributed by atoms with E-state index in [0.717, 1.165) is 64.9 Å². The molecule has 2 rings (SSSR count). The third kappa shape index (κ3) is 8.73. The zero-order valence-corrected chi connectivity index (χ0v) is 18.6. The lowest BCUT2D eigenvalue weighted by Gasteiger charge is -2.25. The van der Waals surface area contributed by atoms with Gasteiger partial charge in [-0.1, -0.05) is 70.4 Å². The van der Waals surface area contributed by atoms with Crippen LogP contribution in [0.4, 0.5) is 0 Å². The quantitative estimate of drug-likeness (QED) is 0.403. The maximum atomic E-state index is 6.36. The normalized spacial score (nSPS) is 24.2. The van der Waals surface area contributed by atoms with Gasteiger partial charge in [0, 0.05) is 26.4 Å². The minimum Gasteiger partial charge on any atom is -0.379 e. The summed E-state index contributed by atoms with van der Waals surface area (Å²) in [6, 6.07) is 10.4. The van der Waals surface area contributed by atoms with Gasteiger partial charge in [0.15, 0.2) is 0 Å². The molecule has 1 fully saturated rings. The zero-order chi connectivity index (χ0) is 20.7. The Morgan fingerprint density at radius 1 is 0.828 bits per heavy atom. The second kappa shape index (κ2) is 14.9. The Hall–Kier alpha value is -0.980. The molecule has 0 saturated carbocycles. The molecule has 1 heterocycles. The van der Waals surface area contributed by atoms with E-state index < -0.39 is 0 Å². The summed E-state index contributed by atoms with van der Waals surface area (Å²) >= 11 is 0. The van der Waals surface area contributed by atoms with E-state index in [0.29, 0.717) is 6.61 Å². The lowest BCUT2D eigenvalue weighted by atomic mass is 10.1. The van der Waals surface area contributed by atoms with Crippen LogP contribution in [-0.2, 0) is 25.5 Å². The van der Waals surface area contributed by atoms with Crippen molar-refractivity contribution in [3.63, 3.8) is 0 Å². The third-order valence-corrected chi connectivity index (χ3v) is 5.20. The highest BCUT2D eigenvalue weighted by Gasteiger charge is 2.46. The average molecular weight is 408 g/mol. The van der Waals surface area contributed by atoms with Gasteiger partial charge in [-0.3, -0.25) is 5.32 Å². The van der Waals surface area contributed by atoms with E-state index in [1.807, 2.05) is 6.07 Å². The van der Waals surface area contributed by atoms with Crippen molar-refractivity contribution >= 4 is 0 Å². The fraction of sp³-hybridized carbons (Fsp3) is 0.750. The topological polar surface area (TPSA) is 49.0 Å². The van der Waals surface area contributed by atoms with E-state index in [9.17, 15) is 0 Å². The van der Waals surface area contributed by atoms with Gasteiger partial charge in [0.1, 0.15) is 24.5 Å². The maximum absolute atomic E-state index is 6.36. The maximum Gasteiger partial charge on any atom is 0.138 e. The van der Waals surface area contributed by atoms with Crippen LogP contribution in [0.2, 0.25) is 0 Å². The van der Waals surface area contributed by atoms with Crippen LogP contribution in [0.25, 0.3) is 0 Å². The summed E-state index contributed by atoms with van der Waals surface area (Å²) in [7, 11) is 0. The minimum absolute atomic E-state index is 0.103. The van der Waals surface area contributed by atoms with E-state index in [1.54, 1.807) is 0 Å². The first-order valence-electron chi connectivity index (χ1n) is 11.5. The van der Waals surface area contributed by atoms with Crippen LogP contribution < -0.4 is 5.32 Å². The van der Waals surface area contributed by atoms with Crippen molar-refractivity contribution in [3.8, 4) is 0 Å². The van der Waals surface area contributed by atoms with Gasteiger partial charge in [0.25, 0.3) is 0 Å². The van der Waals surface area contributed by atoms with Gasteiger partial charge in [-0.25, -0.2) is 0 Å². The lowest BCUT2D eigenvalue weighted by Crippen LogP contribution is -2.44. The molecular weight excluding hydrogens is 366 g/mol. The first kappa shape index (κ1) is 24.3. The molecule has 0 bridgehead atoms. The number of benzene rings is 1. The molecule has 29 heavy (non-hydrogen) atoms. The molecule has 4 atom stereocenters. The first-order chi connectivity index (χ1) is 14.3. The second-order valence-electron chi connectivity index (χ2n) is 7.77. The summed E-state index contributed by atoms with van der Waals surface area (Å²) < 4.78 is 24.8. The summed E-state index contributed by atoms with van der Waals surface area (Å²) in [4.78, 5) is 0. The molecule has 1 aliphatic heterocycles. The Labute approximate surface area is 177 Å². The lowest BCUT2D eigenvalue weighted by molar-refractivity contribution is -0.0796. The molecule has 0 aliphatic carbocycles. The van der Waals surface area contributed by atoms with E-state index in [-0.39, 0.29) is 24.5 Å². The molecule has 1 unspecified atom stereocenters. The fourth-order valence-corrected chi connectivity index (χ4v) is 3.40. The Morgan fingerprint density at radius 3 is 2.10 bits per heavy atom. The molecule has 0 aromatic heterocycles. The largest absolute Gasteiger partial charge is 0.379 e. The van der Waals surface area contributed by atoms with Crippen LogP contribution in [0, 0.1) is 0 Å². The summed E-state index contributed by atoms with van der Waals surface area (Å²) in [5, 5.41) is 3.54. The monoisotopic (exact) mass is 407 g/mol. The predicted octanol–water partition coefficient (Wildman–Crippen LogP) is 4.69. The Balaban J connectivity index is 2.01. The molecular formula is C24H41NO4. The number of nitrogens with one attached hydrogen (secondary N) is 1. The summed E-state index contributed by atoms with van der Waals surface area (Å²) in [6.07, 6.45) is 5.98. The van der Waals surface area contributed by atoms with Crippen LogP contribution in [0.5, 0.6) is 0 Å².